The Morgan fingerprint density at radius 3 is 2.81 bits per heavy atom. The van der Waals surface area contributed by atoms with E-state index in [1.165, 1.54) is 32.1 Å². The number of nitrogens with zero attached hydrogens (tertiary/aromatic N) is 3. The lowest BCUT2D eigenvalue weighted by atomic mass is 9.90. The molecule has 1 aliphatic carbocycles. The Morgan fingerprint density at radius 1 is 1.19 bits per heavy atom. The zero-order valence-electron chi connectivity index (χ0n) is 18.7. The number of aromatic nitrogens is 2. The average molecular weight is 436 g/mol. The first kappa shape index (κ1) is 20.7. The minimum atomic E-state index is -0.131. The molecule has 1 aromatic carbocycles. The number of carbonyl (C=O) groups excluding carboxylic acids is 1. The molecule has 1 saturated carbocycles. The highest BCUT2D eigenvalue weighted by molar-refractivity contribution is 6.06. The minimum absolute atomic E-state index is 0.131. The number of amides is 1. The largest absolute Gasteiger partial charge is 0.489 e. The Bertz CT molecular complexity index is 1130. The van der Waals surface area contributed by atoms with E-state index >= 15 is 0 Å². The van der Waals surface area contributed by atoms with Crippen LogP contribution < -0.4 is 19.1 Å². The summed E-state index contributed by atoms with van der Waals surface area (Å²) in [6.45, 7) is 2.95. The van der Waals surface area contributed by atoms with E-state index in [4.69, 9.17) is 19.2 Å². The number of pyridine rings is 1. The Kier molecular flexibility index (Phi) is 5.64. The maximum Gasteiger partial charge on any atom is 0.259 e. The summed E-state index contributed by atoms with van der Waals surface area (Å²) in [6, 6.07) is 9.19. The number of fused-ring (bicyclic) bond motifs is 2. The van der Waals surface area contributed by atoms with Gasteiger partial charge in [-0.3, -0.25) is 14.1 Å². The van der Waals surface area contributed by atoms with E-state index in [2.05, 4.69) is 0 Å². The van der Waals surface area contributed by atoms with E-state index in [1.807, 2.05) is 29.7 Å². The smallest absolute Gasteiger partial charge is 0.259 e. The summed E-state index contributed by atoms with van der Waals surface area (Å²) >= 11 is 0. The van der Waals surface area contributed by atoms with Crippen molar-refractivity contribution in [1.82, 2.24) is 9.38 Å². The first-order valence-corrected chi connectivity index (χ1v) is 11.5. The second kappa shape index (κ2) is 8.73. The van der Waals surface area contributed by atoms with Crippen LogP contribution >= 0.6 is 0 Å². The fraction of sp³-hybridized carbons (Fsp3) is 0.440. The number of imidazole rings is 1. The van der Waals surface area contributed by atoms with Gasteiger partial charge in [-0.15, -0.1) is 0 Å². The highest BCUT2D eigenvalue weighted by atomic mass is 16.7. The Labute approximate surface area is 187 Å². The van der Waals surface area contributed by atoms with Gasteiger partial charge < -0.3 is 14.2 Å². The van der Waals surface area contributed by atoms with Gasteiger partial charge in [-0.05, 0) is 55.5 Å². The maximum atomic E-state index is 13.3. The van der Waals surface area contributed by atoms with Crippen LogP contribution in [-0.4, -0.2) is 35.7 Å². The van der Waals surface area contributed by atoms with Crippen molar-refractivity contribution in [1.29, 1.82) is 0 Å². The van der Waals surface area contributed by atoms with Gasteiger partial charge in [0.2, 0.25) is 6.79 Å². The molecular weight excluding hydrogens is 406 g/mol. The topological polar surface area (TPSA) is 65.3 Å². The predicted octanol–water partition coefficient (Wildman–Crippen LogP) is 4.86. The van der Waals surface area contributed by atoms with E-state index in [-0.39, 0.29) is 12.7 Å². The number of hydrogen-bond donors (Lipinski definition) is 0. The van der Waals surface area contributed by atoms with Crippen LogP contribution in [0.1, 0.15) is 55.1 Å². The van der Waals surface area contributed by atoms with Crippen LogP contribution in [0, 0.1) is 5.92 Å². The summed E-state index contributed by atoms with van der Waals surface area (Å²) in [4.78, 5) is 19.8. The molecule has 1 amide bonds. The van der Waals surface area contributed by atoms with Crippen molar-refractivity contribution in [3.63, 3.8) is 0 Å². The molecule has 0 atom stereocenters. The van der Waals surface area contributed by atoms with E-state index in [0.29, 0.717) is 29.4 Å². The van der Waals surface area contributed by atoms with Gasteiger partial charge >= 0.3 is 0 Å². The number of ether oxygens (including phenoxy) is 3. The Balaban J connectivity index is 1.44. The van der Waals surface area contributed by atoms with E-state index in [9.17, 15) is 4.79 Å². The molecule has 1 aliphatic heterocycles. The summed E-state index contributed by atoms with van der Waals surface area (Å²) in [5, 5.41) is 0. The van der Waals surface area contributed by atoms with Crippen LogP contribution in [0.5, 0.6) is 17.2 Å². The molecule has 2 aliphatic rings. The normalized spacial score (nSPS) is 15.8. The van der Waals surface area contributed by atoms with Crippen LogP contribution in [0.15, 0.2) is 36.5 Å². The number of hydrogen-bond acceptors (Lipinski definition) is 5. The number of benzene rings is 1. The first-order chi connectivity index (χ1) is 15.7. The lowest BCUT2D eigenvalue weighted by Gasteiger charge is -2.22. The highest BCUT2D eigenvalue weighted by Crippen LogP contribution is 2.34. The summed E-state index contributed by atoms with van der Waals surface area (Å²) in [6.07, 6.45) is 9.02. The van der Waals surface area contributed by atoms with Crippen LogP contribution in [0.4, 0.5) is 5.82 Å². The fourth-order valence-corrected chi connectivity index (χ4v) is 4.66. The second-order valence-corrected chi connectivity index (χ2v) is 8.55. The Morgan fingerprint density at radius 2 is 2.00 bits per heavy atom. The Hall–Kier alpha value is -3.22. The fourth-order valence-electron chi connectivity index (χ4n) is 4.66. The number of carbonyl (C=O) groups is 1. The molecule has 0 unspecified atom stereocenters. The molecule has 0 bridgehead atoms. The molecule has 32 heavy (non-hydrogen) atoms. The van der Waals surface area contributed by atoms with Gasteiger partial charge in [-0.25, -0.2) is 4.98 Å². The van der Waals surface area contributed by atoms with Crippen molar-refractivity contribution in [2.45, 2.75) is 45.4 Å². The molecule has 2 aromatic heterocycles. The van der Waals surface area contributed by atoms with Crippen LogP contribution in [0.2, 0.25) is 0 Å². The summed E-state index contributed by atoms with van der Waals surface area (Å²) < 4.78 is 19.0. The third-order valence-corrected chi connectivity index (χ3v) is 6.43. The third kappa shape index (κ3) is 3.76. The molecular formula is C25H29N3O4. The predicted molar refractivity (Wildman–Crippen MR) is 122 cm³/mol. The van der Waals surface area contributed by atoms with Crippen molar-refractivity contribution < 1.29 is 19.0 Å². The molecule has 3 aromatic rings. The van der Waals surface area contributed by atoms with Crippen LogP contribution in [-0.2, 0) is 6.42 Å². The van der Waals surface area contributed by atoms with Crippen molar-refractivity contribution in [3.8, 4) is 17.2 Å². The number of rotatable bonds is 6. The van der Waals surface area contributed by atoms with E-state index in [1.54, 1.807) is 30.1 Å². The van der Waals surface area contributed by atoms with Crippen molar-refractivity contribution in [3.05, 3.63) is 47.8 Å². The standard InChI is InChI=1S/C25H29N3O4/c1-3-19-24(27(2)25(29)18-11-12-20-22(14-18)32-16-31-20)28-13-7-10-21(23(28)26-19)30-15-17-8-5-4-6-9-17/h7,10-14,17H,3-6,8-9,15-16H2,1-2H3. The van der Waals surface area contributed by atoms with E-state index < -0.39 is 0 Å². The second-order valence-electron chi connectivity index (χ2n) is 8.55. The quantitative estimate of drug-likeness (QED) is 0.553. The van der Waals surface area contributed by atoms with Crippen molar-refractivity contribution in [2.75, 3.05) is 25.3 Å². The monoisotopic (exact) mass is 435 g/mol. The lowest BCUT2D eigenvalue weighted by Crippen LogP contribution is -2.28. The van der Waals surface area contributed by atoms with Gasteiger partial charge in [0, 0.05) is 18.8 Å². The molecule has 0 radical (unpaired) electrons. The van der Waals surface area contributed by atoms with Crippen molar-refractivity contribution >= 4 is 17.4 Å². The minimum Gasteiger partial charge on any atom is -0.489 e. The van der Waals surface area contributed by atoms with Gasteiger partial charge in [-0.1, -0.05) is 26.2 Å². The number of aryl methyl sites for hydroxylation is 1. The number of anilines is 1. The molecule has 168 valence electrons. The lowest BCUT2D eigenvalue weighted by molar-refractivity contribution is 0.0991. The maximum absolute atomic E-state index is 13.3. The summed E-state index contributed by atoms with van der Waals surface area (Å²) in [5.41, 5.74) is 2.15. The van der Waals surface area contributed by atoms with Gasteiger partial charge in [0.15, 0.2) is 22.9 Å². The molecule has 5 rings (SSSR count). The highest BCUT2D eigenvalue weighted by Gasteiger charge is 2.25. The molecule has 1 fully saturated rings. The van der Waals surface area contributed by atoms with E-state index in [0.717, 1.165) is 29.5 Å². The molecule has 7 heteroatoms. The molecule has 0 spiro atoms. The third-order valence-electron chi connectivity index (χ3n) is 6.43. The van der Waals surface area contributed by atoms with Crippen LogP contribution in [0.25, 0.3) is 5.65 Å². The zero-order valence-corrected chi connectivity index (χ0v) is 18.7. The average Bonchev–Trinajstić information content (AvgIpc) is 3.46. The summed E-state index contributed by atoms with van der Waals surface area (Å²) in [7, 11) is 1.78. The molecule has 0 saturated heterocycles. The van der Waals surface area contributed by atoms with Gasteiger partial charge in [0.05, 0.1) is 12.3 Å². The van der Waals surface area contributed by atoms with Crippen LogP contribution in [0.3, 0.4) is 0 Å². The SMILES string of the molecule is CCc1nc2c(OCC3CCCCC3)cccn2c1N(C)C(=O)c1ccc2c(c1)OCO2. The molecule has 0 N–H and O–H groups in total. The first-order valence-electron chi connectivity index (χ1n) is 11.5. The summed E-state index contributed by atoms with van der Waals surface area (Å²) in [5.74, 6) is 3.26. The van der Waals surface area contributed by atoms with Gasteiger partial charge in [0.1, 0.15) is 5.82 Å². The van der Waals surface area contributed by atoms with Crippen molar-refractivity contribution in [2.24, 2.45) is 5.92 Å². The zero-order chi connectivity index (χ0) is 22.1. The molecule has 7 nitrogen and oxygen atoms in total. The molecule has 3 heterocycles. The van der Waals surface area contributed by atoms with Gasteiger partial charge in [-0.2, -0.15) is 0 Å². The van der Waals surface area contributed by atoms with Gasteiger partial charge in [0.25, 0.3) is 5.91 Å².